The second-order valence-corrected chi connectivity index (χ2v) is 7.41. The van der Waals surface area contributed by atoms with Crippen molar-refractivity contribution in [3.05, 3.63) is 63.2 Å². The normalized spacial score (nSPS) is 10.6. The van der Waals surface area contributed by atoms with Crippen LogP contribution in [-0.2, 0) is 11.2 Å². The van der Waals surface area contributed by atoms with E-state index in [0.717, 1.165) is 15.6 Å². The monoisotopic (exact) mass is 380 g/mol. The highest BCUT2D eigenvalue weighted by Gasteiger charge is 2.13. The van der Waals surface area contributed by atoms with Gasteiger partial charge in [0, 0.05) is 33.6 Å². The molecule has 27 heavy (non-hydrogen) atoms. The van der Waals surface area contributed by atoms with Gasteiger partial charge in [-0.05, 0) is 44.2 Å². The Morgan fingerprint density at radius 2 is 2.00 bits per heavy atom. The van der Waals surface area contributed by atoms with E-state index in [-0.39, 0.29) is 18.0 Å². The fraction of sp³-hybridized carbons (Fsp3) is 0.158. The van der Waals surface area contributed by atoms with Crippen molar-refractivity contribution in [3.63, 3.8) is 0 Å². The fourth-order valence-electron chi connectivity index (χ4n) is 2.67. The zero-order valence-corrected chi connectivity index (χ0v) is 15.9. The molecule has 2 heterocycles. The highest BCUT2D eigenvalue weighted by Crippen LogP contribution is 2.21. The zero-order valence-electron chi connectivity index (χ0n) is 15.0. The van der Waals surface area contributed by atoms with E-state index in [1.54, 1.807) is 36.5 Å². The number of carbonyl (C=O) groups is 1. The smallest absolute Gasteiger partial charge is 0.230 e. The number of thiazole rings is 1. The molecule has 6 N–H and O–H groups in total. The Kier molecular flexibility index (Phi) is 5.18. The van der Waals surface area contributed by atoms with Gasteiger partial charge in [0.2, 0.25) is 5.91 Å². The number of carbonyl (C=O) groups excluding carboxylic acids is 1. The van der Waals surface area contributed by atoms with Crippen LogP contribution in [-0.4, -0.2) is 21.6 Å². The summed E-state index contributed by atoms with van der Waals surface area (Å²) in [4.78, 5) is 21.8. The maximum atomic E-state index is 12.3. The highest BCUT2D eigenvalue weighted by atomic mass is 32.1. The van der Waals surface area contributed by atoms with Crippen LogP contribution in [0.2, 0.25) is 0 Å². The van der Waals surface area contributed by atoms with Gasteiger partial charge in [0.1, 0.15) is 5.82 Å². The van der Waals surface area contributed by atoms with Crippen molar-refractivity contribution in [1.82, 2.24) is 9.97 Å². The van der Waals surface area contributed by atoms with Crippen molar-refractivity contribution >= 4 is 40.1 Å². The predicted octanol–water partition coefficient (Wildman–Crippen LogP) is 2.92. The summed E-state index contributed by atoms with van der Waals surface area (Å²) < 4.78 is 0. The quantitative estimate of drug-likeness (QED) is 0.399. The average Bonchev–Trinajstić information content (AvgIpc) is 2.93. The average molecular weight is 380 g/mol. The van der Waals surface area contributed by atoms with E-state index in [4.69, 9.17) is 16.9 Å². The summed E-state index contributed by atoms with van der Waals surface area (Å²) in [6.07, 6.45) is 1.78. The first-order valence-electron chi connectivity index (χ1n) is 8.26. The Hall–Kier alpha value is -3.26. The van der Waals surface area contributed by atoms with Crippen LogP contribution >= 0.6 is 11.3 Å². The molecule has 2 aromatic heterocycles. The molecular formula is C19H20N6OS. The lowest BCUT2D eigenvalue weighted by atomic mass is 10.0. The van der Waals surface area contributed by atoms with Crippen LogP contribution in [0.5, 0.6) is 0 Å². The third-order valence-electron chi connectivity index (χ3n) is 3.98. The maximum absolute atomic E-state index is 12.3. The topological polar surface area (TPSA) is 131 Å². The molecule has 0 saturated carbocycles. The van der Waals surface area contributed by atoms with Crippen molar-refractivity contribution in [2.24, 2.45) is 0 Å². The number of nitrogens with zero attached hydrogens (tertiary/aromatic N) is 2. The number of hydrogen-bond donors (Lipinski definition) is 4. The first kappa shape index (κ1) is 18.5. The van der Waals surface area contributed by atoms with Gasteiger partial charge < -0.3 is 16.8 Å². The van der Waals surface area contributed by atoms with E-state index >= 15 is 0 Å². The van der Waals surface area contributed by atoms with Gasteiger partial charge in [0.15, 0.2) is 0 Å². The van der Waals surface area contributed by atoms with Crippen LogP contribution in [0.4, 0.5) is 17.2 Å². The minimum atomic E-state index is -0.179. The molecule has 0 aliphatic carbocycles. The van der Waals surface area contributed by atoms with Gasteiger partial charge in [0.05, 0.1) is 22.8 Å². The molecular weight excluding hydrogens is 360 g/mol. The Labute approximate surface area is 161 Å². The summed E-state index contributed by atoms with van der Waals surface area (Å²) in [7, 11) is 0. The molecule has 0 aliphatic rings. The molecule has 0 radical (unpaired) electrons. The summed E-state index contributed by atoms with van der Waals surface area (Å²) in [5.74, 6) is 0.199. The van der Waals surface area contributed by atoms with Gasteiger partial charge in [-0.2, -0.15) is 0 Å². The Bertz CT molecular complexity index is 1030. The summed E-state index contributed by atoms with van der Waals surface area (Å²) >= 11 is 1.51. The zero-order chi connectivity index (χ0) is 19.6. The second-order valence-electron chi connectivity index (χ2n) is 6.12. The Balaban J connectivity index is 1.77. The number of aromatic nitrogens is 2. The third kappa shape index (κ3) is 4.29. The molecule has 0 fully saturated rings. The number of benzene rings is 1. The highest BCUT2D eigenvalue weighted by molar-refractivity contribution is 7.11. The maximum Gasteiger partial charge on any atom is 0.230 e. The molecule has 3 rings (SSSR count). The van der Waals surface area contributed by atoms with Gasteiger partial charge in [-0.15, -0.1) is 11.3 Å². The number of amides is 1. The van der Waals surface area contributed by atoms with Crippen LogP contribution in [0.1, 0.15) is 26.7 Å². The largest absolute Gasteiger partial charge is 0.399 e. The molecule has 138 valence electrons. The number of nitrogens with one attached hydrogen (secondary N) is 2. The summed E-state index contributed by atoms with van der Waals surface area (Å²) in [6.45, 7) is 3.81. The van der Waals surface area contributed by atoms with Gasteiger partial charge in [-0.1, -0.05) is 0 Å². The van der Waals surface area contributed by atoms with Crippen LogP contribution in [0.25, 0.3) is 0 Å². The SMILES string of the molecule is Cc1nc(C)c(CC(=O)Nc2cc(C(=N)c3cc(N)ccc3N)ccn2)s1. The van der Waals surface area contributed by atoms with E-state index in [9.17, 15) is 4.79 Å². The summed E-state index contributed by atoms with van der Waals surface area (Å²) in [5.41, 5.74) is 15.0. The van der Waals surface area contributed by atoms with Crippen LogP contribution < -0.4 is 16.8 Å². The van der Waals surface area contributed by atoms with E-state index in [2.05, 4.69) is 15.3 Å². The molecule has 3 aromatic rings. The molecule has 8 heteroatoms. The lowest BCUT2D eigenvalue weighted by Crippen LogP contribution is -2.16. The Morgan fingerprint density at radius 1 is 1.22 bits per heavy atom. The van der Waals surface area contributed by atoms with E-state index in [1.807, 2.05) is 13.8 Å². The Morgan fingerprint density at radius 3 is 2.70 bits per heavy atom. The number of aryl methyl sites for hydroxylation is 2. The van der Waals surface area contributed by atoms with Crippen LogP contribution in [0.3, 0.4) is 0 Å². The molecule has 1 aromatic carbocycles. The van der Waals surface area contributed by atoms with Gasteiger partial charge >= 0.3 is 0 Å². The van der Waals surface area contributed by atoms with Gasteiger partial charge in [-0.25, -0.2) is 9.97 Å². The molecule has 0 aliphatic heterocycles. The minimum Gasteiger partial charge on any atom is -0.399 e. The third-order valence-corrected chi connectivity index (χ3v) is 5.06. The van der Waals surface area contributed by atoms with Gasteiger partial charge in [-0.3, -0.25) is 10.2 Å². The number of rotatable bonds is 5. The predicted molar refractivity (Wildman–Crippen MR) is 109 cm³/mol. The molecule has 1 amide bonds. The lowest BCUT2D eigenvalue weighted by Gasteiger charge is -2.10. The van der Waals surface area contributed by atoms with E-state index in [1.165, 1.54) is 11.3 Å². The van der Waals surface area contributed by atoms with E-state index in [0.29, 0.717) is 28.3 Å². The van der Waals surface area contributed by atoms with Crippen molar-refractivity contribution in [3.8, 4) is 0 Å². The number of pyridine rings is 1. The minimum absolute atomic E-state index is 0.179. The van der Waals surface area contributed by atoms with Crippen LogP contribution in [0.15, 0.2) is 36.5 Å². The van der Waals surface area contributed by atoms with Crippen LogP contribution in [0, 0.1) is 19.3 Å². The fourth-order valence-corrected chi connectivity index (χ4v) is 3.61. The lowest BCUT2D eigenvalue weighted by molar-refractivity contribution is -0.115. The molecule has 0 atom stereocenters. The number of nitrogen functional groups attached to an aromatic ring is 2. The first-order chi connectivity index (χ1) is 12.8. The van der Waals surface area contributed by atoms with Crippen molar-refractivity contribution in [2.45, 2.75) is 20.3 Å². The summed E-state index contributed by atoms with van der Waals surface area (Å²) in [5, 5.41) is 12.1. The van der Waals surface area contributed by atoms with Crippen molar-refractivity contribution in [1.29, 1.82) is 5.41 Å². The number of nitrogens with two attached hydrogens (primary N) is 2. The summed E-state index contributed by atoms with van der Waals surface area (Å²) in [6, 6.07) is 8.35. The van der Waals surface area contributed by atoms with Gasteiger partial charge in [0.25, 0.3) is 0 Å². The molecule has 7 nitrogen and oxygen atoms in total. The number of hydrogen-bond acceptors (Lipinski definition) is 7. The van der Waals surface area contributed by atoms with Crippen molar-refractivity contribution in [2.75, 3.05) is 16.8 Å². The standard InChI is InChI=1S/C19H20N6OS/c1-10-16(27-11(2)24-10)9-18(26)25-17-7-12(5-6-23-17)19(22)14-8-13(20)3-4-15(14)21/h3-8,22H,9,20-21H2,1-2H3,(H,23,25,26). The van der Waals surface area contributed by atoms with E-state index < -0.39 is 0 Å². The molecule has 0 bridgehead atoms. The van der Waals surface area contributed by atoms with Crippen molar-refractivity contribution < 1.29 is 4.79 Å². The molecule has 0 saturated heterocycles. The second kappa shape index (κ2) is 7.55. The first-order valence-corrected chi connectivity index (χ1v) is 9.08. The number of anilines is 3. The molecule has 0 spiro atoms. The molecule has 0 unspecified atom stereocenters.